The number of nitrogens with zero attached hydrogens (tertiary/aromatic N) is 2. The van der Waals surface area contributed by atoms with Crippen LogP contribution in [0.15, 0.2) is 54.7 Å². The zero-order chi connectivity index (χ0) is 13.1. The number of carbonyl (C=O) groups excluding carboxylic acids is 1. The topological polar surface area (TPSA) is 42.4 Å². The summed E-state index contributed by atoms with van der Waals surface area (Å²) in [6.07, 6.45) is 1.32. The lowest BCUT2D eigenvalue weighted by Crippen LogP contribution is -2.31. The molecule has 1 aromatic heterocycles. The Morgan fingerprint density at radius 1 is 1.16 bits per heavy atom. The van der Waals surface area contributed by atoms with Gasteiger partial charge in [-0.2, -0.15) is 0 Å². The molecule has 1 unspecified atom stereocenters. The van der Waals surface area contributed by atoms with Crippen molar-refractivity contribution >= 4 is 5.91 Å². The molecule has 0 N–H and O–H groups in total. The second kappa shape index (κ2) is 5.20. The predicted octanol–water partition coefficient (Wildman–Crippen LogP) is 2.25. The van der Waals surface area contributed by atoms with Gasteiger partial charge in [0.05, 0.1) is 6.61 Å². The number of amides is 1. The van der Waals surface area contributed by atoms with Gasteiger partial charge in [0.25, 0.3) is 5.91 Å². The van der Waals surface area contributed by atoms with Gasteiger partial charge in [0.1, 0.15) is 5.69 Å². The highest BCUT2D eigenvalue weighted by atomic mass is 16.5. The van der Waals surface area contributed by atoms with E-state index >= 15 is 0 Å². The van der Waals surface area contributed by atoms with Gasteiger partial charge in [-0.05, 0) is 12.1 Å². The normalized spacial score (nSPS) is 18.5. The van der Waals surface area contributed by atoms with Crippen molar-refractivity contribution in [2.45, 2.75) is 6.23 Å². The molecule has 0 bridgehead atoms. The molecule has 96 valence electrons. The molecule has 19 heavy (non-hydrogen) atoms. The Hall–Kier alpha value is -2.20. The van der Waals surface area contributed by atoms with Gasteiger partial charge in [-0.3, -0.25) is 9.78 Å². The first-order valence-electron chi connectivity index (χ1n) is 6.25. The smallest absolute Gasteiger partial charge is 0.274 e. The second-order valence-corrected chi connectivity index (χ2v) is 4.35. The maximum Gasteiger partial charge on any atom is 0.274 e. The van der Waals surface area contributed by atoms with Crippen LogP contribution in [0.25, 0.3) is 0 Å². The molecular formula is C15H14N2O2. The zero-order valence-corrected chi connectivity index (χ0v) is 10.4. The zero-order valence-electron chi connectivity index (χ0n) is 10.4. The van der Waals surface area contributed by atoms with Crippen molar-refractivity contribution in [3.63, 3.8) is 0 Å². The summed E-state index contributed by atoms with van der Waals surface area (Å²) in [5, 5.41) is 0. The molecule has 0 aliphatic carbocycles. The van der Waals surface area contributed by atoms with Crippen LogP contribution in [0.2, 0.25) is 0 Å². The standard InChI is InChI=1S/C15H14N2O2/c18-14(13-8-4-5-9-16-13)17-10-11-19-15(17)12-6-2-1-3-7-12/h1-9,15H,10-11H2. The van der Waals surface area contributed by atoms with Crippen LogP contribution in [0.4, 0.5) is 0 Å². The Kier molecular flexibility index (Phi) is 3.25. The van der Waals surface area contributed by atoms with E-state index in [0.29, 0.717) is 18.8 Å². The number of benzene rings is 1. The van der Waals surface area contributed by atoms with Crippen molar-refractivity contribution in [2.75, 3.05) is 13.2 Å². The van der Waals surface area contributed by atoms with Crippen LogP contribution < -0.4 is 0 Å². The number of rotatable bonds is 2. The summed E-state index contributed by atoms with van der Waals surface area (Å²) in [4.78, 5) is 18.2. The van der Waals surface area contributed by atoms with Crippen LogP contribution in [0.5, 0.6) is 0 Å². The lowest BCUT2D eigenvalue weighted by atomic mass is 10.2. The minimum Gasteiger partial charge on any atom is -0.352 e. The van der Waals surface area contributed by atoms with E-state index in [4.69, 9.17) is 4.74 Å². The van der Waals surface area contributed by atoms with E-state index < -0.39 is 0 Å². The highest BCUT2D eigenvalue weighted by Gasteiger charge is 2.31. The lowest BCUT2D eigenvalue weighted by molar-refractivity contribution is 0.0268. The molecular weight excluding hydrogens is 240 g/mol. The van der Waals surface area contributed by atoms with Gasteiger partial charge in [0.15, 0.2) is 6.23 Å². The predicted molar refractivity (Wildman–Crippen MR) is 70.4 cm³/mol. The third kappa shape index (κ3) is 2.35. The maximum atomic E-state index is 12.4. The first kappa shape index (κ1) is 11.9. The Balaban J connectivity index is 1.86. The number of aromatic nitrogens is 1. The Morgan fingerprint density at radius 2 is 1.95 bits per heavy atom. The van der Waals surface area contributed by atoms with Gasteiger partial charge in [0.2, 0.25) is 0 Å². The fourth-order valence-electron chi connectivity index (χ4n) is 2.21. The SMILES string of the molecule is O=C(c1ccccn1)N1CCOC1c1ccccc1. The molecule has 4 heteroatoms. The first-order chi connectivity index (χ1) is 9.36. The van der Waals surface area contributed by atoms with Gasteiger partial charge in [-0.25, -0.2) is 0 Å². The molecule has 4 nitrogen and oxygen atoms in total. The minimum atomic E-state index is -0.310. The Bertz CT molecular complexity index is 557. The average Bonchev–Trinajstić information content (AvgIpc) is 2.98. The summed E-state index contributed by atoms with van der Waals surface area (Å²) in [6.45, 7) is 1.15. The number of pyridine rings is 1. The van der Waals surface area contributed by atoms with Gasteiger partial charge < -0.3 is 9.64 Å². The molecule has 1 fully saturated rings. The molecule has 2 heterocycles. The van der Waals surface area contributed by atoms with Crippen LogP contribution in [0, 0.1) is 0 Å². The van der Waals surface area contributed by atoms with Crippen molar-refractivity contribution in [1.82, 2.24) is 9.88 Å². The van der Waals surface area contributed by atoms with Gasteiger partial charge in [-0.15, -0.1) is 0 Å². The Morgan fingerprint density at radius 3 is 2.68 bits per heavy atom. The number of ether oxygens (including phenoxy) is 1. The van der Waals surface area contributed by atoms with Gasteiger partial charge in [-0.1, -0.05) is 36.4 Å². The van der Waals surface area contributed by atoms with Crippen LogP contribution >= 0.6 is 0 Å². The number of hydrogen-bond acceptors (Lipinski definition) is 3. The van der Waals surface area contributed by atoms with Crippen LogP contribution in [-0.2, 0) is 4.74 Å². The molecule has 1 aliphatic rings. The Labute approximate surface area is 111 Å². The van der Waals surface area contributed by atoms with Crippen LogP contribution in [0.1, 0.15) is 22.3 Å². The number of hydrogen-bond donors (Lipinski definition) is 0. The van der Waals surface area contributed by atoms with E-state index in [9.17, 15) is 4.79 Å². The third-order valence-corrected chi connectivity index (χ3v) is 3.12. The molecule has 3 rings (SSSR count). The van der Waals surface area contributed by atoms with E-state index in [0.717, 1.165) is 5.56 Å². The van der Waals surface area contributed by atoms with Crippen molar-refractivity contribution < 1.29 is 9.53 Å². The highest BCUT2D eigenvalue weighted by molar-refractivity contribution is 5.92. The second-order valence-electron chi connectivity index (χ2n) is 4.35. The molecule has 2 aromatic rings. The largest absolute Gasteiger partial charge is 0.352 e. The highest BCUT2D eigenvalue weighted by Crippen LogP contribution is 2.27. The van der Waals surface area contributed by atoms with E-state index in [2.05, 4.69) is 4.98 Å². The fraction of sp³-hybridized carbons (Fsp3) is 0.200. The summed E-state index contributed by atoms with van der Waals surface area (Å²) >= 11 is 0. The van der Waals surface area contributed by atoms with Crippen molar-refractivity contribution in [2.24, 2.45) is 0 Å². The molecule has 1 amide bonds. The van der Waals surface area contributed by atoms with E-state index in [1.54, 1.807) is 23.2 Å². The van der Waals surface area contributed by atoms with Gasteiger partial charge >= 0.3 is 0 Å². The van der Waals surface area contributed by atoms with Crippen molar-refractivity contribution in [1.29, 1.82) is 0 Å². The summed E-state index contributed by atoms with van der Waals surface area (Å²) < 4.78 is 5.67. The van der Waals surface area contributed by atoms with Crippen LogP contribution in [0.3, 0.4) is 0 Å². The fourth-order valence-corrected chi connectivity index (χ4v) is 2.21. The van der Waals surface area contributed by atoms with E-state index in [1.807, 2.05) is 36.4 Å². The van der Waals surface area contributed by atoms with Crippen LogP contribution in [-0.4, -0.2) is 28.9 Å². The minimum absolute atomic E-state index is 0.0908. The molecule has 0 radical (unpaired) electrons. The third-order valence-electron chi connectivity index (χ3n) is 3.12. The van der Waals surface area contributed by atoms with E-state index in [-0.39, 0.29) is 12.1 Å². The van der Waals surface area contributed by atoms with Crippen molar-refractivity contribution in [3.05, 3.63) is 66.0 Å². The molecule has 0 spiro atoms. The summed E-state index contributed by atoms with van der Waals surface area (Å²) in [5.41, 5.74) is 1.44. The molecule has 1 saturated heterocycles. The lowest BCUT2D eigenvalue weighted by Gasteiger charge is -2.23. The van der Waals surface area contributed by atoms with E-state index in [1.165, 1.54) is 0 Å². The maximum absolute atomic E-state index is 12.4. The molecule has 1 aliphatic heterocycles. The molecule has 1 atom stereocenters. The first-order valence-corrected chi connectivity index (χ1v) is 6.25. The summed E-state index contributed by atoms with van der Waals surface area (Å²) in [7, 11) is 0. The summed E-state index contributed by atoms with van der Waals surface area (Å²) in [6, 6.07) is 15.1. The van der Waals surface area contributed by atoms with Gasteiger partial charge in [0, 0.05) is 18.3 Å². The molecule has 1 aromatic carbocycles. The quantitative estimate of drug-likeness (QED) is 0.825. The number of carbonyl (C=O) groups is 1. The van der Waals surface area contributed by atoms with Crippen molar-refractivity contribution in [3.8, 4) is 0 Å². The summed E-state index contributed by atoms with van der Waals surface area (Å²) in [5.74, 6) is -0.0908. The average molecular weight is 254 g/mol. The monoisotopic (exact) mass is 254 g/mol. The molecule has 0 saturated carbocycles.